The lowest BCUT2D eigenvalue weighted by molar-refractivity contribution is 0.777. The number of fused-ring (bicyclic) bond motifs is 1. The van der Waals surface area contributed by atoms with E-state index in [1.54, 1.807) is 22.3 Å². The number of rotatable bonds is 2. The minimum atomic E-state index is 0.614. The van der Waals surface area contributed by atoms with Crippen molar-refractivity contribution in [3.05, 3.63) is 34.9 Å². The molecule has 6 heteroatoms. The number of hydrogen-bond acceptors (Lipinski definition) is 5. The molecule has 1 saturated heterocycles. The van der Waals surface area contributed by atoms with Gasteiger partial charge >= 0.3 is 0 Å². The van der Waals surface area contributed by atoms with Gasteiger partial charge < -0.3 is 4.90 Å². The highest BCUT2D eigenvalue weighted by molar-refractivity contribution is 7.07. The van der Waals surface area contributed by atoms with Gasteiger partial charge in [-0.15, -0.1) is 0 Å². The van der Waals surface area contributed by atoms with E-state index in [2.05, 4.69) is 36.8 Å². The highest BCUT2D eigenvalue weighted by atomic mass is 32.1. The van der Waals surface area contributed by atoms with Crippen LogP contribution in [0.2, 0.25) is 0 Å². The molecular weight excluding hydrogens is 270 g/mol. The van der Waals surface area contributed by atoms with E-state index in [4.69, 9.17) is 0 Å². The zero-order valence-corrected chi connectivity index (χ0v) is 12.0. The molecule has 1 aliphatic rings. The molecule has 1 unspecified atom stereocenters. The normalized spacial score (nSPS) is 19.1. The Morgan fingerprint density at radius 1 is 1.35 bits per heavy atom. The van der Waals surface area contributed by atoms with Gasteiger partial charge in [-0.25, -0.2) is 9.97 Å². The molecule has 0 saturated carbocycles. The van der Waals surface area contributed by atoms with Gasteiger partial charge in [-0.05, 0) is 28.8 Å². The summed E-state index contributed by atoms with van der Waals surface area (Å²) in [5.41, 5.74) is 2.35. The average molecular weight is 285 g/mol. The van der Waals surface area contributed by atoms with Gasteiger partial charge in [0.25, 0.3) is 0 Å². The molecule has 20 heavy (non-hydrogen) atoms. The van der Waals surface area contributed by atoms with E-state index in [1.165, 1.54) is 12.0 Å². The number of anilines is 1. The summed E-state index contributed by atoms with van der Waals surface area (Å²) in [4.78, 5) is 11.1. The van der Waals surface area contributed by atoms with Gasteiger partial charge in [-0.2, -0.15) is 16.4 Å². The summed E-state index contributed by atoms with van der Waals surface area (Å²) in [5.74, 6) is 1.63. The summed E-state index contributed by atoms with van der Waals surface area (Å²) in [5, 5.41) is 9.74. The minimum Gasteiger partial charge on any atom is -0.355 e. The monoisotopic (exact) mass is 285 g/mol. The molecule has 0 N–H and O–H groups in total. The first-order valence-electron chi connectivity index (χ1n) is 6.72. The van der Waals surface area contributed by atoms with E-state index in [-0.39, 0.29) is 0 Å². The molecule has 4 rings (SSSR count). The largest absolute Gasteiger partial charge is 0.355 e. The van der Waals surface area contributed by atoms with Crippen LogP contribution in [-0.4, -0.2) is 32.8 Å². The van der Waals surface area contributed by atoms with E-state index in [1.807, 2.05) is 13.2 Å². The topological polar surface area (TPSA) is 46.8 Å². The van der Waals surface area contributed by atoms with Crippen molar-refractivity contribution in [3.63, 3.8) is 0 Å². The Hall–Kier alpha value is -1.95. The third kappa shape index (κ3) is 1.79. The Kier molecular flexibility index (Phi) is 2.70. The molecule has 0 spiro atoms. The summed E-state index contributed by atoms with van der Waals surface area (Å²) in [6, 6.07) is 2.23. The maximum absolute atomic E-state index is 4.48. The standard InChI is InChI=1S/C14H15N5S/c1-18-13-12(6-17-18)14(16-9-15-13)19-4-2-10(7-19)11-3-5-20-8-11/h3,5-6,8-10H,2,4,7H2,1H3. The Labute approximate surface area is 120 Å². The number of aryl methyl sites for hydroxylation is 1. The van der Waals surface area contributed by atoms with Crippen LogP contribution < -0.4 is 4.90 Å². The molecule has 0 radical (unpaired) electrons. The molecule has 0 bridgehead atoms. The number of aromatic nitrogens is 4. The second-order valence-electron chi connectivity index (χ2n) is 5.19. The fraction of sp³-hybridized carbons (Fsp3) is 0.357. The van der Waals surface area contributed by atoms with Crippen LogP contribution in [0.25, 0.3) is 11.0 Å². The minimum absolute atomic E-state index is 0.614. The van der Waals surface area contributed by atoms with Crippen LogP contribution in [0.3, 0.4) is 0 Å². The van der Waals surface area contributed by atoms with Crippen LogP contribution in [0.1, 0.15) is 17.9 Å². The van der Waals surface area contributed by atoms with Crippen molar-refractivity contribution in [1.29, 1.82) is 0 Å². The van der Waals surface area contributed by atoms with Crippen molar-refractivity contribution in [3.8, 4) is 0 Å². The smallest absolute Gasteiger partial charge is 0.163 e. The molecule has 3 aromatic rings. The van der Waals surface area contributed by atoms with Crippen molar-refractivity contribution in [2.24, 2.45) is 7.05 Å². The van der Waals surface area contributed by atoms with Crippen LogP contribution >= 0.6 is 11.3 Å². The second-order valence-corrected chi connectivity index (χ2v) is 5.97. The van der Waals surface area contributed by atoms with Gasteiger partial charge in [-0.1, -0.05) is 0 Å². The van der Waals surface area contributed by atoms with Gasteiger partial charge in [0.1, 0.15) is 12.1 Å². The van der Waals surface area contributed by atoms with Crippen LogP contribution in [0, 0.1) is 0 Å². The van der Waals surface area contributed by atoms with Crippen molar-refractivity contribution in [2.75, 3.05) is 18.0 Å². The van der Waals surface area contributed by atoms with Crippen LogP contribution in [0.15, 0.2) is 29.4 Å². The molecule has 4 heterocycles. The highest BCUT2D eigenvalue weighted by Gasteiger charge is 2.26. The van der Waals surface area contributed by atoms with E-state index in [0.717, 1.165) is 29.9 Å². The van der Waals surface area contributed by atoms with Crippen molar-refractivity contribution in [1.82, 2.24) is 19.7 Å². The van der Waals surface area contributed by atoms with Gasteiger partial charge in [0, 0.05) is 26.1 Å². The summed E-state index contributed by atoms with van der Waals surface area (Å²) in [7, 11) is 1.91. The zero-order chi connectivity index (χ0) is 13.5. The average Bonchev–Trinajstić information content (AvgIpc) is 3.18. The van der Waals surface area contributed by atoms with Crippen molar-refractivity contribution < 1.29 is 0 Å². The third-order valence-electron chi connectivity index (χ3n) is 4.01. The van der Waals surface area contributed by atoms with E-state index >= 15 is 0 Å². The zero-order valence-electron chi connectivity index (χ0n) is 11.2. The summed E-state index contributed by atoms with van der Waals surface area (Å²) >= 11 is 1.77. The first kappa shape index (κ1) is 11.8. The van der Waals surface area contributed by atoms with Crippen molar-refractivity contribution >= 4 is 28.2 Å². The van der Waals surface area contributed by atoms with Crippen molar-refractivity contribution in [2.45, 2.75) is 12.3 Å². The molecule has 1 atom stereocenters. The predicted octanol–water partition coefficient (Wildman–Crippen LogP) is 2.42. The SMILES string of the molecule is Cn1ncc2c(N3CCC(c4ccsc4)C3)ncnc21. The molecule has 0 amide bonds. The first-order valence-corrected chi connectivity index (χ1v) is 7.67. The quantitative estimate of drug-likeness (QED) is 0.725. The molecule has 3 aromatic heterocycles. The third-order valence-corrected chi connectivity index (χ3v) is 4.71. The highest BCUT2D eigenvalue weighted by Crippen LogP contribution is 2.33. The molecule has 1 aliphatic heterocycles. The van der Waals surface area contributed by atoms with E-state index < -0.39 is 0 Å². The van der Waals surface area contributed by atoms with Crippen LogP contribution in [0.5, 0.6) is 0 Å². The fourth-order valence-electron chi connectivity index (χ4n) is 2.93. The molecule has 1 fully saturated rings. The second kappa shape index (κ2) is 4.56. The molecular formula is C14H15N5S. The fourth-order valence-corrected chi connectivity index (χ4v) is 3.68. The molecule has 5 nitrogen and oxygen atoms in total. The van der Waals surface area contributed by atoms with Gasteiger partial charge in [0.15, 0.2) is 5.65 Å². The summed E-state index contributed by atoms with van der Waals surface area (Å²) in [6.45, 7) is 2.07. The Bertz CT molecular complexity index is 733. The Morgan fingerprint density at radius 2 is 2.30 bits per heavy atom. The number of hydrogen-bond donors (Lipinski definition) is 0. The summed E-state index contributed by atoms with van der Waals surface area (Å²) in [6.07, 6.45) is 4.68. The van der Waals surface area contributed by atoms with Gasteiger partial charge in [-0.3, -0.25) is 4.68 Å². The van der Waals surface area contributed by atoms with Gasteiger partial charge in [0.05, 0.1) is 11.6 Å². The lowest BCUT2D eigenvalue weighted by atomic mass is 10.0. The first-order chi connectivity index (χ1) is 9.83. The van der Waals surface area contributed by atoms with Gasteiger partial charge in [0.2, 0.25) is 0 Å². The van der Waals surface area contributed by atoms with E-state index in [0.29, 0.717) is 5.92 Å². The number of nitrogens with zero attached hydrogens (tertiary/aromatic N) is 5. The Balaban J connectivity index is 1.67. The van der Waals surface area contributed by atoms with Crippen LogP contribution in [-0.2, 0) is 7.05 Å². The van der Waals surface area contributed by atoms with E-state index in [9.17, 15) is 0 Å². The lowest BCUT2D eigenvalue weighted by Gasteiger charge is -2.17. The molecule has 0 aliphatic carbocycles. The molecule has 0 aromatic carbocycles. The molecule has 102 valence electrons. The predicted molar refractivity (Wildman–Crippen MR) is 80.2 cm³/mol. The Morgan fingerprint density at radius 3 is 3.15 bits per heavy atom. The lowest BCUT2D eigenvalue weighted by Crippen LogP contribution is -2.20. The number of thiophene rings is 1. The van der Waals surface area contributed by atoms with Crippen LogP contribution in [0.4, 0.5) is 5.82 Å². The maximum atomic E-state index is 4.48. The maximum Gasteiger partial charge on any atom is 0.163 e. The summed E-state index contributed by atoms with van der Waals surface area (Å²) < 4.78 is 1.80.